The molecule has 1 fully saturated rings. The number of hydrogen-bond donors (Lipinski definition) is 1. The molecule has 0 amide bonds. The third-order valence-corrected chi connectivity index (χ3v) is 2.83. The van der Waals surface area contributed by atoms with Crippen molar-refractivity contribution >= 4 is 0 Å². The molecule has 1 atom stereocenters. The first-order chi connectivity index (χ1) is 6.84. The monoisotopic (exact) mass is 193 g/mol. The molecule has 0 aliphatic carbocycles. The van der Waals surface area contributed by atoms with Crippen LogP contribution in [0.15, 0.2) is 24.3 Å². The van der Waals surface area contributed by atoms with Gasteiger partial charge >= 0.3 is 0 Å². The molecule has 1 heterocycles. The van der Waals surface area contributed by atoms with Crippen LogP contribution in [0.5, 0.6) is 0 Å². The maximum absolute atomic E-state index is 12.9. The van der Waals surface area contributed by atoms with Crippen molar-refractivity contribution in [2.24, 2.45) is 0 Å². The maximum Gasteiger partial charge on any atom is 0.123 e. The third kappa shape index (κ3) is 2.55. The summed E-state index contributed by atoms with van der Waals surface area (Å²) < 4.78 is 12.9. The molecule has 2 rings (SSSR count). The average Bonchev–Trinajstić information content (AvgIpc) is 2.67. The van der Waals surface area contributed by atoms with E-state index in [-0.39, 0.29) is 5.82 Å². The Labute approximate surface area is 84.3 Å². The highest BCUT2D eigenvalue weighted by Crippen LogP contribution is 2.13. The Hall–Kier alpha value is -0.890. The number of halogens is 1. The molecule has 1 aromatic carbocycles. The molecule has 0 aromatic heterocycles. The predicted molar refractivity (Wildman–Crippen MR) is 55.7 cm³/mol. The van der Waals surface area contributed by atoms with E-state index in [1.807, 2.05) is 6.07 Å². The van der Waals surface area contributed by atoms with Crippen molar-refractivity contribution in [2.75, 3.05) is 6.54 Å². The molecule has 14 heavy (non-hydrogen) atoms. The van der Waals surface area contributed by atoms with Gasteiger partial charge in [0.05, 0.1) is 0 Å². The van der Waals surface area contributed by atoms with Gasteiger partial charge in [-0.3, -0.25) is 0 Å². The van der Waals surface area contributed by atoms with Gasteiger partial charge in [0, 0.05) is 6.04 Å². The Morgan fingerprint density at radius 2 is 2.36 bits per heavy atom. The second kappa shape index (κ2) is 4.56. The molecule has 1 N–H and O–H groups in total. The highest BCUT2D eigenvalue weighted by atomic mass is 19.1. The van der Waals surface area contributed by atoms with Crippen molar-refractivity contribution in [3.63, 3.8) is 0 Å². The van der Waals surface area contributed by atoms with Crippen LogP contribution in [0.4, 0.5) is 4.39 Å². The van der Waals surface area contributed by atoms with Crippen LogP contribution in [-0.4, -0.2) is 12.6 Å². The van der Waals surface area contributed by atoms with Gasteiger partial charge in [-0.05, 0) is 49.9 Å². The van der Waals surface area contributed by atoms with Gasteiger partial charge in [-0.15, -0.1) is 0 Å². The van der Waals surface area contributed by atoms with Crippen LogP contribution in [0.25, 0.3) is 0 Å². The lowest BCUT2D eigenvalue weighted by atomic mass is 10.0. The first kappa shape index (κ1) is 9.66. The minimum atomic E-state index is -0.123. The fourth-order valence-electron chi connectivity index (χ4n) is 2.04. The van der Waals surface area contributed by atoms with Crippen LogP contribution in [-0.2, 0) is 6.42 Å². The molecule has 0 radical (unpaired) electrons. The van der Waals surface area contributed by atoms with Gasteiger partial charge in [0.2, 0.25) is 0 Å². The number of hydrogen-bond acceptors (Lipinski definition) is 1. The number of nitrogens with one attached hydrogen (secondary N) is 1. The van der Waals surface area contributed by atoms with E-state index >= 15 is 0 Å². The first-order valence-electron chi connectivity index (χ1n) is 5.32. The molecule has 1 aromatic rings. The number of aryl methyl sites for hydroxylation is 1. The zero-order valence-corrected chi connectivity index (χ0v) is 8.30. The van der Waals surface area contributed by atoms with E-state index in [1.165, 1.54) is 18.9 Å². The summed E-state index contributed by atoms with van der Waals surface area (Å²) in [5.41, 5.74) is 1.11. The van der Waals surface area contributed by atoms with Crippen molar-refractivity contribution in [3.05, 3.63) is 35.6 Å². The SMILES string of the molecule is Fc1cccc(CCC2CCCN2)c1. The Kier molecular flexibility index (Phi) is 3.14. The zero-order chi connectivity index (χ0) is 9.80. The Morgan fingerprint density at radius 1 is 1.43 bits per heavy atom. The lowest BCUT2D eigenvalue weighted by Crippen LogP contribution is -2.21. The second-order valence-corrected chi connectivity index (χ2v) is 3.96. The molecule has 1 saturated heterocycles. The highest BCUT2D eigenvalue weighted by molar-refractivity contribution is 5.16. The summed E-state index contributed by atoms with van der Waals surface area (Å²) in [4.78, 5) is 0. The largest absolute Gasteiger partial charge is 0.314 e. The third-order valence-electron chi connectivity index (χ3n) is 2.83. The molecule has 0 spiro atoms. The molecular formula is C12H16FN. The molecule has 1 unspecified atom stereocenters. The summed E-state index contributed by atoms with van der Waals surface area (Å²) in [5.74, 6) is -0.123. The van der Waals surface area contributed by atoms with Gasteiger partial charge in [0.1, 0.15) is 5.82 Å². The molecule has 76 valence electrons. The summed E-state index contributed by atoms with van der Waals surface area (Å²) in [6.45, 7) is 1.15. The topological polar surface area (TPSA) is 12.0 Å². The summed E-state index contributed by atoms with van der Waals surface area (Å²) in [5, 5.41) is 3.45. The second-order valence-electron chi connectivity index (χ2n) is 3.96. The molecule has 1 aliphatic heterocycles. The normalized spacial score (nSPS) is 21.4. The standard InChI is InChI=1S/C12H16FN/c13-11-4-1-3-10(9-11)6-7-12-5-2-8-14-12/h1,3-4,9,12,14H,2,5-8H2. The average molecular weight is 193 g/mol. The summed E-state index contributed by atoms with van der Waals surface area (Å²) in [6.07, 6.45) is 4.67. The zero-order valence-electron chi connectivity index (χ0n) is 8.30. The van der Waals surface area contributed by atoms with E-state index in [0.29, 0.717) is 6.04 Å². The van der Waals surface area contributed by atoms with Crippen LogP contribution >= 0.6 is 0 Å². The minimum absolute atomic E-state index is 0.123. The lowest BCUT2D eigenvalue weighted by molar-refractivity contribution is 0.557. The van der Waals surface area contributed by atoms with E-state index in [1.54, 1.807) is 12.1 Å². The summed E-state index contributed by atoms with van der Waals surface area (Å²) in [7, 11) is 0. The van der Waals surface area contributed by atoms with Crippen LogP contribution < -0.4 is 5.32 Å². The summed E-state index contributed by atoms with van der Waals surface area (Å²) in [6, 6.07) is 7.56. The van der Waals surface area contributed by atoms with Crippen molar-refractivity contribution in [3.8, 4) is 0 Å². The molecule has 1 nitrogen and oxygen atoms in total. The molecular weight excluding hydrogens is 177 g/mol. The lowest BCUT2D eigenvalue weighted by Gasteiger charge is -2.09. The molecule has 0 bridgehead atoms. The number of benzene rings is 1. The Morgan fingerprint density at radius 3 is 3.07 bits per heavy atom. The van der Waals surface area contributed by atoms with Crippen LogP contribution in [0.1, 0.15) is 24.8 Å². The minimum Gasteiger partial charge on any atom is -0.314 e. The van der Waals surface area contributed by atoms with E-state index in [4.69, 9.17) is 0 Å². The Balaban J connectivity index is 1.85. The van der Waals surface area contributed by atoms with Gasteiger partial charge in [0.25, 0.3) is 0 Å². The van der Waals surface area contributed by atoms with E-state index < -0.39 is 0 Å². The Bertz CT molecular complexity index is 292. The van der Waals surface area contributed by atoms with Gasteiger partial charge in [-0.1, -0.05) is 12.1 Å². The highest BCUT2D eigenvalue weighted by Gasteiger charge is 2.13. The van der Waals surface area contributed by atoms with Crippen LogP contribution in [0.2, 0.25) is 0 Å². The van der Waals surface area contributed by atoms with Crippen molar-refractivity contribution in [1.82, 2.24) is 5.32 Å². The molecule has 2 heteroatoms. The number of rotatable bonds is 3. The summed E-state index contributed by atoms with van der Waals surface area (Å²) >= 11 is 0. The van der Waals surface area contributed by atoms with E-state index in [0.717, 1.165) is 24.9 Å². The van der Waals surface area contributed by atoms with Gasteiger partial charge < -0.3 is 5.32 Å². The molecule has 0 saturated carbocycles. The fourth-order valence-corrected chi connectivity index (χ4v) is 2.04. The van der Waals surface area contributed by atoms with E-state index in [2.05, 4.69) is 5.32 Å². The van der Waals surface area contributed by atoms with Gasteiger partial charge in [0.15, 0.2) is 0 Å². The fraction of sp³-hybridized carbons (Fsp3) is 0.500. The predicted octanol–water partition coefficient (Wildman–Crippen LogP) is 2.51. The van der Waals surface area contributed by atoms with Gasteiger partial charge in [-0.2, -0.15) is 0 Å². The maximum atomic E-state index is 12.9. The van der Waals surface area contributed by atoms with Crippen LogP contribution in [0.3, 0.4) is 0 Å². The molecule has 1 aliphatic rings. The first-order valence-corrected chi connectivity index (χ1v) is 5.32. The van der Waals surface area contributed by atoms with Crippen molar-refractivity contribution in [1.29, 1.82) is 0 Å². The quantitative estimate of drug-likeness (QED) is 0.777. The van der Waals surface area contributed by atoms with Crippen molar-refractivity contribution < 1.29 is 4.39 Å². The van der Waals surface area contributed by atoms with E-state index in [9.17, 15) is 4.39 Å². The van der Waals surface area contributed by atoms with Gasteiger partial charge in [-0.25, -0.2) is 4.39 Å². The smallest absolute Gasteiger partial charge is 0.123 e. The van der Waals surface area contributed by atoms with Crippen LogP contribution in [0, 0.1) is 5.82 Å². The van der Waals surface area contributed by atoms with Crippen molar-refractivity contribution in [2.45, 2.75) is 31.7 Å².